The molecule has 41 heavy (non-hydrogen) atoms. The smallest absolute Gasteiger partial charge is 0.260 e. The summed E-state index contributed by atoms with van der Waals surface area (Å²) in [5.41, 5.74) is 2.70. The van der Waals surface area contributed by atoms with Crippen molar-refractivity contribution in [2.45, 2.75) is 25.4 Å². The summed E-state index contributed by atoms with van der Waals surface area (Å²) < 4.78 is 10.6. The van der Waals surface area contributed by atoms with Crippen LogP contribution in [0.2, 0.25) is 5.02 Å². The number of fused-ring (bicyclic) bond motifs is 1. The van der Waals surface area contributed by atoms with Gasteiger partial charge in [-0.05, 0) is 65.7 Å². The van der Waals surface area contributed by atoms with Crippen molar-refractivity contribution < 1.29 is 23.9 Å². The Labute approximate surface area is 242 Å². The molecule has 0 saturated heterocycles. The van der Waals surface area contributed by atoms with Crippen molar-refractivity contribution in [1.82, 2.24) is 14.9 Å². The molecule has 10 heteroatoms. The lowest BCUT2D eigenvalue weighted by molar-refractivity contribution is -0.122. The van der Waals surface area contributed by atoms with Gasteiger partial charge in [-0.2, -0.15) is 0 Å². The van der Waals surface area contributed by atoms with Gasteiger partial charge in [-0.15, -0.1) is 0 Å². The first kappa shape index (κ1) is 27.8. The second-order valence-electron chi connectivity index (χ2n) is 9.49. The summed E-state index contributed by atoms with van der Waals surface area (Å²) in [6, 6.07) is 18.1. The molecule has 3 heterocycles. The van der Waals surface area contributed by atoms with E-state index < -0.39 is 11.9 Å². The topological polar surface area (TPSA) is 111 Å². The van der Waals surface area contributed by atoms with Gasteiger partial charge in [-0.1, -0.05) is 23.7 Å². The third-order valence-electron chi connectivity index (χ3n) is 6.88. The van der Waals surface area contributed by atoms with Crippen LogP contribution >= 0.6 is 11.6 Å². The number of rotatable bonds is 8. The lowest BCUT2D eigenvalue weighted by Crippen LogP contribution is -2.45. The number of nitrogens with one attached hydrogen (secondary N) is 1. The first-order valence-corrected chi connectivity index (χ1v) is 13.2. The first-order chi connectivity index (χ1) is 19.9. The number of halogens is 1. The van der Waals surface area contributed by atoms with Gasteiger partial charge >= 0.3 is 0 Å². The minimum atomic E-state index is -0.751. The van der Waals surface area contributed by atoms with Gasteiger partial charge in [0.15, 0.2) is 5.78 Å². The number of aromatic nitrogens is 2. The second-order valence-corrected chi connectivity index (χ2v) is 9.93. The molecule has 5 rings (SSSR count). The number of hydrogen-bond acceptors (Lipinski definition) is 7. The molecule has 0 bridgehead atoms. The van der Waals surface area contributed by atoms with Crippen molar-refractivity contribution in [3.63, 3.8) is 0 Å². The summed E-state index contributed by atoms with van der Waals surface area (Å²) in [6.45, 7) is 0.114. The average molecular weight is 571 g/mol. The van der Waals surface area contributed by atoms with Gasteiger partial charge in [-0.25, -0.2) is 4.98 Å². The number of Topliss-reactive ketones (excluding diaryl/α,β-unsaturated/α-hetero) is 1. The molecule has 0 spiro atoms. The van der Waals surface area contributed by atoms with Crippen LogP contribution in [0.3, 0.4) is 0 Å². The number of ether oxygens (including phenoxy) is 2. The van der Waals surface area contributed by atoms with Crippen LogP contribution in [0.1, 0.15) is 37.5 Å². The lowest BCUT2D eigenvalue weighted by Gasteiger charge is -2.29. The third-order valence-corrected chi connectivity index (χ3v) is 7.11. The van der Waals surface area contributed by atoms with Crippen LogP contribution < -0.4 is 14.8 Å². The summed E-state index contributed by atoms with van der Waals surface area (Å²) >= 11 is 6.19. The number of ketones is 1. The fourth-order valence-electron chi connectivity index (χ4n) is 4.79. The zero-order chi connectivity index (χ0) is 28.9. The molecule has 0 saturated carbocycles. The number of methoxy groups -OCH3 is 2. The fourth-order valence-corrected chi connectivity index (χ4v) is 4.99. The van der Waals surface area contributed by atoms with Crippen LogP contribution in [0.15, 0.2) is 79.1 Å². The number of anilines is 1. The van der Waals surface area contributed by atoms with E-state index in [0.29, 0.717) is 44.7 Å². The Hall–Kier alpha value is -4.76. The van der Waals surface area contributed by atoms with Crippen LogP contribution in [0.4, 0.5) is 5.82 Å². The molecule has 0 radical (unpaired) electrons. The second kappa shape index (κ2) is 12.2. The lowest BCUT2D eigenvalue weighted by atomic mass is 9.99. The van der Waals surface area contributed by atoms with Crippen molar-refractivity contribution in [3.05, 3.63) is 112 Å². The van der Waals surface area contributed by atoms with Gasteiger partial charge in [0.25, 0.3) is 11.8 Å². The molecule has 4 aromatic rings. The van der Waals surface area contributed by atoms with E-state index in [2.05, 4.69) is 15.3 Å². The highest BCUT2D eigenvalue weighted by Crippen LogP contribution is 2.29. The molecule has 1 N–H and O–H groups in total. The average Bonchev–Trinajstić information content (AvgIpc) is 3.07. The third kappa shape index (κ3) is 6.20. The van der Waals surface area contributed by atoms with Crippen LogP contribution in [-0.2, 0) is 24.2 Å². The normalized spacial score (nSPS) is 14.7. The molecule has 0 aliphatic carbocycles. The molecule has 2 aromatic carbocycles. The summed E-state index contributed by atoms with van der Waals surface area (Å²) in [4.78, 5) is 50.6. The highest BCUT2D eigenvalue weighted by Gasteiger charge is 2.36. The van der Waals surface area contributed by atoms with E-state index in [9.17, 15) is 14.4 Å². The Morgan fingerprint density at radius 3 is 2.59 bits per heavy atom. The molecule has 2 aromatic heterocycles. The molecule has 1 aliphatic rings. The van der Waals surface area contributed by atoms with Gasteiger partial charge in [0, 0.05) is 41.9 Å². The van der Waals surface area contributed by atoms with E-state index in [-0.39, 0.29) is 36.6 Å². The Bertz CT molecular complexity index is 1590. The molecular formula is C31H27ClN4O5. The standard InChI is InChI=1S/C31H27ClN4O5/c1-40-23-8-11-29(34-17-23)35-30(38)25-9-6-19(13-28(25)41-2)18-36-26(16-22-5-3-4-12-33-22)27(37)15-20-14-21(32)7-10-24(20)31(36)39/h3-14,17,26H,15-16,18H2,1-2H3,(H,34,35,38)/t26-/m1/s1. The number of nitrogens with zero attached hydrogens (tertiary/aromatic N) is 3. The number of hydrogen-bond donors (Lipinski definition) is 1. The highest BCUT2D eigenvalue weighted by molar-refractivity contribution is 6.30. The maximum Gasteiger partial charge on any atom is 0.260 e. The van der Waals surface area contributed by atoms with E-state index >= 15 is 0 Å². The molecular weight excluding hydrogens is 544 g/mol. The first-order valence-electron chi connectivity index (χ1n) is 12.9. The Morgan fingerprint density at radius 2 is 1.88 bits per heavy atom. The zero-order valence-electron chi connectivity index (χ0n) is 22.5. The highest BCUT2D eigenvalue weighted by atomic mass is 35.5. The predicted molar refractivity (Wildman–Crippen MR) is 154 cm³/mol. The van der Waals surface area contributed by atoms with Gasteiger partial charge in [0.1, 0.15) is 17.3 Å². The summed E-state index contributed by atoms with van der Waals surface area (Å²) in [7, 11) is 3.00. The SMILES string of the molecule is COc1ccc(NC(=O)c2ccc(CN3C(=O)c4ccc(Cl)cc4CC(=O)[C@H]3Cc3ccccn3)cc2OC)nc1. The monoisotopic (exact) mass is 570 g/mol. The van der Waals surface area contributed by atoms with E-state index in [1.807, 2.05) is 12.1 Å². The van der Waals surface area contributed by atoms with Crippen molar-refractivity contribution in [2.75, 3.05) is 19.5 Å². The number of amides is 2. The molecule has 1 atom stereocenters. The largest absolute Gasteiger partial charge is 0.496 e. The van der Waals surface area contributed by atoms with E-state index in [1.165, 1.54) is 20.4 Å². The van der Waals surface area contributed by atoms with Crippen molar-refractivity contribution in [3.8, 4) is 11.5 Å². The van der Waals surface area contributed by atoms with Crippen molar-refractivity contribution in [2.24, 2.45) is 0 Å². The zero-order valence-corrected chi connectivity index (χ0v) is 23.2. The van der Waals surface area contributed by atoms with E-state index in [1.54, 1.807) is 65.7 Å². The molecule has 9 nitrogen and oxygen atoms in total. The van der Waals surface area contributed by atoms with Gasteiger partial charge < -0.3 is 19.7 Å². The van der Waals surface area contributed by atoms with E-state index in [0.717, 1.165) is 0 Å². The number of carbonyl (C=O) groups excluding carboxylic acids is 3. The maximum atomic E-state index is 13.9. The molecule has 0 fully saturated rings. The van der Waals surface area contributed by atoms with Crippen molar-refractivity contribution in [1.29, 1.82) is 0 Å². The molecule has 2 amide bonds. The number of pyridine rings is 2. The summed E-state index contributed by atoms with van der Waals surface area (Å²) in [5, 5.41) is 3.20. The summed E-state index contributed by atoms with van der Waals surface area (Å²) in [6.07, 6.45) is 3.51. The van der Waals surface area contributed by atoms with Crippen LogP contribution in [0.25, 0.3) is 0 Å². The van der Waals surface area contributed by atoms with E-state index in [4.69, 9.17) is 21.1 Å². The Morgan fingerprint density at radius 1 is 1.02 bits per heavy atom. The quantitative estimate of drug-likeness (QED) is 0.324. The Balaban J connectivity index is 1.45. The molecule has 0 unspecified atom stereocenters. The van der Waals surface area contributed by atoms with Crippen molar-refractivity contribution >= 4 is 35.0 Å². The van der Waals surface area contributed by atoms with Crippen LogP contribution in [0, 0.1) is 0 Å². The maximum absolute atomic E-state index is 13.9. The summed E-state index contributed by atoms with van der Waals surface area (Å²) in [5.74, 6) is 0.432. The van der Waals surface area contributed by atoms with Gasteiger partial charge in [-0.3, -0.25) is 19.4 Å². The molecule has 208 valence electrons. The number of carbonyl (C=O) groups is 3. The van der Waals surface area contributed by atoms with Crippen LogP contribution in [-0.4, -0.2) is 52.7 Å². The van der Waals surface area contributed by atoms with Crippen LogP contribution in [0.5, 0.6) is 11.5 Å². The fraction of sp³-hybridized carbons (Fsp3) is 0.194. The van der Waals surface area contributed by atoms with Gasteiger partial charge in [0.05, 0.1) is 32.0 Å². The minimum Gasteiger partial charge on any atom is -0.496 e. The Kier molecular flexibility index (Phi) is 8.26. The predicted octanol–water partition coefficient (Wildman–Crippen LogP) is 4.78. The van der Waals surface area contributed by atoms with Gasteiger partial charge in [0.2, 0.25) is 0 Å². The molecule has 1 aliphatic heterocycles. The number of benzene rings is 2. The minimum absolute atomic E-state index is 0.0808.